The highest BCUT2D eigenvalue weighted by molar-refractivity contribution is 7.89. The number of hydrogen-bond acceptors (Lipinski definition) is 5. The van der Waals surface area contributed by atoms with Gasteiger partial charge in [0.1, 0.15) is 0 Å². The molecule has 0 atom stereocenters. The second-order valence-corrected chi connectivity index (χ2v) is 10.4. The Hall–Kier alpha value is -2.71. The van der Waals surface area contributed by atoms with Crippen molar-refractivity contribution in [3.8, 4) is 0 Å². The molecule has 1 amide bonds. The van der Waals surface area contributed by atoms with Gasteiger partial charge in [0.2, 0.25) is 15.9 Å². The van der Waals surface area contributed by atoms with Crippen LogP contribution >= 0.6 is 0 Å². The van der Waals surface area contributed by atoms with E-state index in [1.54, 1.807) is 12.1 Å². The van der Waals surface area contributed by atoms with Crippen molar-refractivity contribution in [2.75, 3.05) is 20.2 Å². The Balaban J connectivity index is 1.43. The van der Waals surface area contributed by atoms with Crippen molar-refractivity contribution in [3.63, 3.8) is 0 Å². The van der Waals surface area contributed by atoms with Crippen LogP contribution in [-0.2, 0) is 25.1 Å². The summed E-state index contributed by atoms with van der Waals surface area (Å²) in [4.78, 5) is 25.0. The summed E-state index contributed by atoms with van der Waals surface area (Å²) in [5.74, 6) is -0.941. The number of hydrogen-bond donors (Lipinski definition) is 1. The first kappa shape index (κ1) is 22.5. The molecule has 8 heteroatoms. The average molecular weight is 457 g/mol. The largest absolute Gasteiger partial charge is 0.465 e. The first-order valence-electron chi connectivity index (χ1n) is 10.9. The Morgan fingerprint density at radius 3 is 2.22 bits per heavy atom. The SMILES string of the molecule is COC(=O)c1ccccc1S(=O)(=O)N1CCC(C(=O)NC2(c3ccccc3)CCC2)CC1. The Bertz CT molecular complexity index is 1090. The van der Waals surface area contributed by atoms with Gasteiger partial charge in [-0.05, 0) is 49.8 Å². The van der Waals surface area contributed by atoms with E-state index in [1.165, 1.54) is 23.5 Å². The van der Waals surface area contributed by atoms with E-state index < -0.39 is 16.0 Å². The lowest BCUT2D eigenvalue weighted by atomic mass is 9.71. The molecule has 170 valence electrons. The summed E-state index contributed by atoms with van der Waals surface area (Å²) in [6, 6.07) is 16.1. The normalized spacial score (nSPS) is 19.0. The van der Waals surface area contributed by atoms with Gasteiger partial charge in [-0.3, -0.25) is 4.79 Å². The zero-order valence-electron chi connectivity index (χ0n) is 18.1. The van der Waals surface area contributed by atoms with Crippen molar-refractivity contribution in [3.05, 3.63) is 65.7 Å². The minimum atomic E-state index is -3.87. The summed E-state index contributed by atoms with van der Waals surface area (Å²) in [5.41, 5.74) is 0.838. The lowest BCUT2D eigenvalue weighted by molar-refractivity contribution is -0.129. The Labute approximate surface area is 188 Å². The minimum absolute atomic E-state index is 0.0134. The number of sulfonamides is 1. The molecule has 2 fully saturated rings. The third kappa shape index (κ3) is 4.17. The topological polar surface area (TPSA) is 92.8 Å². The molecule has 0 spiro atoms. The second kappa shape index (κ2) is 9.03. The van der Waals surface area contributed by atoms with Crippen LogP contribution in [-0.4, -0.2) is 44.8 Å². The van der Waals surface area contributed by atoms with Crippen molar-refractivity contribution in [1.29, 1.82) is 0 Å². The van der Waals surface area contributed by atoms with Gasteiger partial charge in [0.15, 0.2) is 0 Å². The maximum Gasteiger partial charge on any atom is 0.339 e. The van der Waals surface area contributed by atoms with Crippen LogP contribution < -0.4 is 5.32 Å². The predicted octanol–water partition coefficient (Wildman–Crippen LogP) is 3.07. The lowest BCUT2D eigenvalue weighted by Crippen LogP contribution is -2.53. The Morgan fingerprint density at radius 2 is 1.62 bits per heavy atom. The third-order valence-electron chi connectivity index (χ3n) is 6.63. The van der Waals surface area contributed by atoms with Crippen molar-refractivity contribution in [2.45, 2.75) is 42.5 Å². The molecule has 0 aromatic heterocycles. The van der Waals surface area contributed by atoms with Gasteiger partial charge in [0.05, 0.1) is 23.1 Å². The molecule has 1 aliphatic heterocycles. The maximum absolute atomic E-state index is 13.2. The van der Waals surface area contributed by atoms with E-state index in [-0.39, 0.29) is 40.9 Å². The lowest BCUT2D eigenvalue weighted by Gasteiger charge is -2.44. The molecule has 32 heavy (non-hydrogen) atoms. The molecule has 2 aliphatic rings. The highest BCUT2D eigenvalue weighted by Gasteiger charge is 2.42. The number of carbonyl (C=O) groups is 2. The van der Waals surface area contributed by atoms with Crippen LogP contribution in [0.2, 0.25) is 0 Å². The number of ether oxygens (including phenoxy) is 1. The number of nitrogens with zero attached hydrogens (tertiary/aromatic N) is 1. The van der Waals surface area contributed by atoms with Gasteiger partial charge in [0, 0.05) is 19.0 Å². The van der Waals surface area contributed by atoms with E-state index in [2.05, 4.69) is 5.32 Å². The first-order chi connectivity index (χ1) is 15.4. The summed E-state index contributed by atoms with van der Waals surface area (Å²) < 4.78 is 32.5. The van der Waals surface area contributed by atoms with Gasteiger partial charge in [-0.1, -0.05) is 42.5 Å². The number of benzene rings is 2. The smallest absolute Gasteiger partial charge is 0.339 e. The minimum Gasteiger partial charge on any atom is -0.465 e. The van der Waals surface area contributed by atoms with Gasteiger partial charge in [-0.2, -0.15) is 4.31 Å². The monoisotopic (exact) mass is 456 g/mol. The van der Waals surface area contributed by atoms with Crippen LogP contribution in [0.1, 0.15) is 48.0 Å². The third-order valence-corrected chi connectivity index (χ3v) is 8.59. The van der Waals surface area contributed by atoms with E-state index in [1.807, 2.05) is 30.3 Å². The van der Waals surface area contributed by atoms with Crippen LogP contribution in [0.5, 0.6) is 0 Å². The van der Waals surface area contributed by atoms with Gasteiger partial charge >= 0.3 is 5.97 Å². The molecule has 2 aromatic rings. The van der Waals surface area contributed by atoms with Crippen LogP contribution in [0, 0.1) is 5.92 Å². The summed E-state index contributed by atoms with van der Waals surface area (Å²) in [6.07, 6.45) is 3.79. The first-order valence-corrected chi connectivity index (χ1v) is 12.4. The molecule has 4 rings (SSSR count). The van der Waals surface area contributed by atoms with Gasteiger partial charge in [0.25, 0.3) is 0 Å². The molecule has 0 bridgehead atoms. The van der Waals surface area contributed by atoms with Crippen LogP contribution in [0.15, 0.2) is 59.5 Å². The number of nitrogens with one attached hydrogen (secondary N) is 1. The standard InChI is InChI=1S/C24H28N2O5S/c1-31-23(28)20-10-5-6-11-21(20)32(29,30)26-16-12-18(13-17-26)22(27)25-24(14-7-15-24)19-8-3-2-4-9-19/h2-6,8-11,18H,7,12-17H2,1H3,(H,25,27). The fraction of sp³-hybridized carbons (Fsp3) is 0.417. The van der Waals surface area contributed by atoms with Crippen LogP contribution in [0.4, 0.5) is 0 Å². The van der Waals surface area contributed by atoms with E-state index in [0.717, 1.165) is 24.8 Å². The number of methoxy groups -OCH3 is 1. The summed E-state index contributed by atoms with van der Waals surface area (Å²) >= 11 is 0. The molecule has 2 aromatic carbocycles. The molecule has 0 radical (unpaired) electrons. The van der Waals surface area contributed by atoms with E-state index in [0.29, 0.717) is 12.8 Å². The fourth-order valence-electron chi connectivity index (χ4n) is 4.58. The molecule has 1 saturated heterocycles. The van der Waals surface area contributed by atoms with Crippen molar-refractivity contribution in [1.82, 2.24) is 9.62 Å². The number of rotatable bonds is 6. The summed E-state index contributed by atoms with van der Waals surface area (Å²) in [7, 11) is -2.65. The van der Waals surface area contributed by atoms with Crippen molar-refractivity contribution in [2.24, 2.45) is 5.92 Å². The van der Waals surface area contributed by atoms with Gasteiger partial charge < -0.3 is 10.1 Å². The second-order valence-electron chi connectivity index (χ2n) is 8.46. The quantitative estimate of drug-likeness (QED) is 0.675. The molecule has 1 N–H and O–H groups in total. The summed E-state index contributed by atoms with van der Waals surface area (Å²) in [6.45, 7) is 0.461. The maximum atomic E-state index is 13.2. The van der Waals surface area contributed by atoms with Crippen LogP contribution in [0.25, 0.3) is 0 Å². The van der Waals surface area contributed by atoms with Crippen LogP contribution in [0.3, 0.4) is 0 Å². The molecular formula is C24H28N2O5S. The molecule has 1 aliphatic carbocycles. The molecule has 7 nitrogen and oxygen atoms in total. The molecule has 1 saturated carbocycles. The average Bonchev–Trinajstić information content (AvgIpc) is 2.81. The summed E-state index contributed by atoms with van der Waals surface area (Å²) in [5, 5.41) is 3.26. The zero-order valence-corrected chi connectivity index (χ0v) is 18.9. The Morgan fingerprint density at radius 1 is 1.00 bits per heavy atom. The number of esters is 1. The van der Waals surface area contributed by atoms with E-state index >= 15 is 0 Å². The predicted molar refractivity (Wildman–Crippen MR) is 119 cm³/mol. The van der Waals surface area contributed by atoms with Gasteiger partial charge in [-0.15, -0.1) is 0 Å². The van der Waals surface area contributed by atoms with E-state index in [9.17, 15) is 18.0 Å². The van der Waals surface area contributed by atoms with Crippen molar-refractivity contribution < 1.29 is 22.7 Å². The Kier molecular flexibility index (Phi) is 6.35. The zero-order chi connectivity index (χ0) is 22.8. The fourth-order valence-corrected chi connectivity index (χ4v) is 6.23. The van der Waals surface area contributed by atoms with Crippen molar-refractivity contribution >= 4 is 21.9 Å². The molecule has 1 heterocycles. The molecular weight excluding hydrogens is 428 g/mol. The van der Waals surface area contributed by atoms with Gasteiger partial charge in [-0.25, -0.2) is 13.2 Å². The number of piperidine rings is 1. The molecule has 0 unspecified atom stereocenters. The highest BCUT2D eigenvalue weighted by atomic mass is 32.2. The highest BCUT2D eigenvalue weighted by Crippen LogP contribution is 2.41. The number of carbonyl (C=O) groups excluding carboxylic acids is 2. The van der Waals surface area contributed by atoms with E-state index in [4.69, 9.17) is 4.74 Å². The number of amides is 1.